The van der Waals surface area contributed by atoms with E-state index in [1.807, 2.05) is 0 Å². The van der Waals surface area contributed by atoms with Crippen molar-refractivity contribution in [2.75, 3.05) is 6.61 Å². The molecule has 170 valence electrons. The topological polar surface area (TPSA) is 80.9 Å². The third-order valence-corrected chi connectivity index (χ3v) is 6.88. The second kappa shape index (κ2) is 9.55. The molecule has 6 nitrogen and oxygen atoms in total. The molecule has 4 rings (SSSR count). The number of rotatable bonds is 5. The Bertz CT molecular complexity index is 1460. The van der Waals surface area contributed by atoms with Crippen molar-refractivity contribution in [3.63, 3.8) is 0 Å². The van der Waals surface area contributed by atoms with E-state index >= 15 is 0 Å². The summed E-state index contributed by atoms with van der Waals surface area (Å²) in [5, 5.41) is 11.0. The maximum absolute atomic E-state index is 13.5. The van der Waals surface area contributed by atoms with Crippen LogP contribution >= 0.6 is 34.5 Å². The van der Waals surface area contributed by atoms with Crippen molar-refractivity contribution in [2.45, 2.75) is 26.3 Å². The van der Waals surface area contributed by atoms with E-state index < -0.39 is 12.0 Å². The highest BCUT2D eigenvalue weighted by Crippen LogP contribution is 2.34. The first-order valence-corrected chi connectivity index (χ1v) is 11.8. The molecule has 1 unspecified atom stereocenters. The zero-order valence-corrected chi connectivity index (χ0v) is 20.2. The lowest BCUT2D eigenvalue weighted by Gasteiger charge is -2.25. The van der Waals surface area contributed by atoms with Crippen molar-refractivity contribution in [3.8, 4) is 5.75 Å². The fourth-order valence-corrected chi connectivity index (χ4v) is 5.19. The van der Waals surface area contributed by atoms with Crippen LogP contribution in [0.15, 0.2) is 63.5 Å². The van der Waals surface area contributed by atoms with Crippen LogP contribution in [0.1, 0.15) is 31.0 Å². The number of fused-ring (bicyclic) bond motifs is 1. The highest BCUT2D eigenvalue weighted by molar-refractivity contribution is 7.07. The van der Waals surface area contributed by atoms with E-state index in [0.29, 0.717) is 42.6 Å². The molecular formula is C24H20Cl2N2O4S. The molecule has 3 aromatic rings. The van der Waals surface area contributed by atoms with Gasteiger partial charge in [-0.15, -0.1) is 0 Å². The SMILES string of the molecule is CCOC(=O)C1=C(C)N=c2s/c(=C/Cc3cc(Cl)ccc3O)c(=O)n2C1c1ccccc1Cl. The Labute approximate surface area is 203 Å². The summed E-state index contributed by atoms with van der Waals surface area (Å²) in [6.45, 7) is 3.63. The number of aromatic hydroxyl groups is 1. The molecule has 0 spiro atoms. The zero-order valence-electron chi connectivity index (χ0n) is 17.8. The monoisotopic (exact) mass is 502 g/mol. The minimum atomic E-state index is -0.768. The van der Waals surface area contributed by atoms with Gasteiger partial charge in [-0.1, -0.05) is 58.8 Å². The smallest absolute Gasteiger partial charge is 0.338 e. The Morgan fingerprint density at radius 2 is 2.03 bits per heavy atom. The number of thiazole rings is 1. The van der Waals surface area contributed by atoms with Crippen molar-refractivity contribution >= 4 is 46.6 Å². The van der Waals surface area contributed by atoms with E-state index in [0.717, 1.165) is 0 Å². The van der Waals surface area contributed by atoms with Crippen LogP contribution in [0.2, 0.25) is 10.0 Å². The normalized spacial score (nSPS) is 15.9. The van der Waals surface area contributed by atoms with Crippen molar-refractivity contribution in [3.05, 3.63) is 94.6 Å². The third-order valence-electron chi connectivity index (χ3n) is 5.27. The van der Waals surface area contributed by atoms with E-state index in [4.69, 9.17) is 27.9 Å². The van der Waals surface area contributed by atoms with Gasteiger partial charge in [0.05, 0.1) is 22.4 Å². The molecule has 0 radical (unpaired) electrons. The summed E-state index contributed by atoms with van der Waals surface area (Å²) in [7, 11) is 0. The molecule has 33 heavy (non-hydrogen) atoms. The van der Waals surface area contributed by atoms with Crippen molar-refractivity contribution < 1.29 is 14.6 Å². The zero-order chi connectivity index (χ0) is 23.7. The molecule has 1 N–H and O–H groups in total. The predicted octanol–water partition coefficient (Wildman–Crippen LogP) is 4.01. The van der Waals surface area contributed by atoms with Crippen LogP contribution in [-0.2, 0) is 16.0 Å². The molecule has 0 fully saturated rings. The van der Waals surface area contributed by atoms with E-state index in [9.17, 15) is 14.7 Å². The number of halogens is 2. The Kier molecular flexibility index (Phi) is 6.74. The van der Waals surface area contributed by atoms with Crippen LogP contribution in [0, 0.1) is 0 Å². The van der Waals surface area contributed by atoms with Gasteiger partial charge in [-0.2, -0.15) is 0 Å². The standard InChI is InChI=1S/C24H20Cl2N2O4S/c1-3-32-23(31)20-13(2)27-24-28(21(20)16-6-4-5-7-17(16)26)22(30)19(33-24)11-8-14-12-15(25)9-10-18(14)29/h4-7,9-12,21,29H,3,8H2,1-2H3/b19-11+. The number of allylic oxidation sites excluding steroid dienone is 1. The molecule has 0 aliphatic carbocycles. The summed E-state index contributed by atoms with van der Waals surface area (Å²) < 4.78 is 7.19. The van der Waals surface area contributed by atoms with Crippen molar-refractivity contribution in [1.29, 1.82) is 0 Å². The number of phenolic OH excluding ortho intramolecular Hbond substituents is 1. The van der Waals surface area contributed by atoms with Crippen LogP contribution in [0.4, 0.5) is 0 Å². The van der Waals surface area contributed by atoms with Crippen LogP contribution in [0.3, 0.4) is 0 Å². The molecular weight excluding hydrogens is 483 g/mol. The Morgan fingerprint density at radius 3 is 2.76 bits per heavy atom. The fraction of sp³-hybridized carbons (Fsp3) is 0.208. The fourth-order valence-electron chi connectivity index (χ4n) is 3.74. The summed E-state index contributed by atoms with van der Waals surface area (Å²) in [5.74, 6) is -0.445. The third kappa shape index (κ3) is 4.49. The average Bonchev–Trinajstić information content (AvgIpc) is 3.09. The molecule has 0 bridgehead atoms. The first-order chi connectivity index (χ1) is 15.8. The van der Waals surface area contributed by atoms with Gasteiger partial charge in [-0.25, -0.2) is 9.79 Å². The number of carbonyl (C=O) groups excluding carboxylic acids is 1. The second-order valence-electron chi connectivity index (χ2n) is 7.36. The lowest BCUT2D eigenvalue weighted by molar-refractivity contribution is -0.139. The highest BCUT2D eigenvalue weighted by Gasteiger charge is 2.34. The number of carbonyl (C=O) groups is 1. The molecule has 9 heteroatoms. The largest absolute Gasteiger partial charge is 0.508 e. The van der Waals surface area contributed by atoms with Gasteiger partial charge >= 0.3 is 5.97 Å². The first kappa shape index (κ1) is 23.3. The number of esters is 1. The molecule has 0 saturated heterocycles. The summed E-state index contributed by atoms with van der Waals surface area (Å²) in [6.07, 6.45) is 2.03. The van der Waals surface area contributed by atoms with Gasteiger partial charge in [0, 0.05) is 10.0 Å². The minimum Gasteiger partial charge on any atom is -0.508 e. The molecule has 1 atom stereocenters. The van der Waals surface area contributed by atoms with Gasteiger partial charge in [-0.05, 0) is 55.7 Å². The molecule has 0 amide bonds. The Hall–Kier alpha value is -2.87. The second-order valence-corrected chi connectivity index (χ2v) is 9.21. The quantitative estimate of drug-likeness (QED) is 0.534. The average molecular weight is 503 g/mol. The number of nitrogens with zero attached hydrogens (tertiary/aromatic N) is 2. The van der Waals surface area contributed by atoms with Crippen LogP contribution in [0.25, 0.3) is 6.08 Å². The minimum absolute atomic E-state index is 0.0952. The lowest BCUT2D eigenvalue weighted by Crippen LogP contribution is -2.40. The van der Waals surface area contributed by atoms with Gasteiger partial charge in [0.25, 0.3) is 5.56 Å². The number of hydrogen-bond acceptors (Lipinski definition) is 6. The predicted molar refractivity (Wildman–Crippen MR) is 130 cm³/mol. The number of aromatic nitrogens is 1. The molecule has 2 heterocycles. The Balaban J connectivity index is 1.89. The van der Waals surface area contributed by atoms with Crippen molar-refractivity contribution in [1.82, 2.24) is 4.57 Å². The Morgan fingerprint density at radius 1 is 1.27 bits per heavy atom. The van der Waals surface area contributed by atoms with Crippen LogP contribution < -0.4 is 14.9 Å². The lowest BCUT2D eigenvalue weighted by atomic mass is 9.96. The van der Waals surface area contributed by atoms with E-state index in [-0.39, 0.29) is 23.5 Å². The molecule has 1 aliphatic heterocycles. The van der Waals surface area contributed by atoms with E-state index in [1.54, 1.807) is 56.3 Å². The maximum atomic E-state index is 13.5. The number of benzene rings is 2. The summed E-state index contributed by atoms with van der Waals surface area (Å²) in [4.78, 5) is 31.3. The summed E-state index contributed by atoms with van der Waals surface area (Å²) in [5.41, 5.74) is 1.64. The number of hydrogen-bond donors (Lipinski definition) is 1. The number of phenols is 1. The molecule has 1 aromatic heterocycles. The molecule has 1 aliphatic rings. The number of ether oxygens (including phenoxy) is 1. The van der Waals surface area contributed by atoms with Crippen LogP contribution in [0.5, 0.6) is 5.75 Å². The maximum Gasteiger partial charge on any atom is 0.338 e. The summed E-state index contributed by atoms with van der Waals surface area (Å²) >= 11 is 13.7. The van der Waals surface area contributed by atoms with Gasteiger partial charge in [-0.3, -0.25) is 9.36 Å². The van der Waals surface area contributed by atoms with Crippen molar-refractivity contribution in [2.24, 2.45) is 4.99 Å². The van der Waals surface area contributed by atoms with Gasteiger partial charge in [0.2, 0.25) is 0 Å². The van der Waals surface area contributed by atoms with Gasteiger partial charge < -0.3 is 9.84 Å². The van der Waals surface area contributed by atoms with E-state index in [2.05, 4.69) is 4.99 Å². The summed E-state index contributed by atoms with van der Waals surface area (Å²) in [6, 6.07) is 11.1. The highest BCUT2D eigenvalue weighted by atomic mass is 35.5. The van der Waals surface area contributed by atoms with Gasteiger partial charge in [0.15, 0.2) is 4.80 Å². The molecule has 2 aromatic carbocycles. The molecule has 0 saturated carbocycles. The first-order valence-electron chi connectivity index (χ1n) is 10.2. The van der Waals surface area contributed by atoms with Crippen LogP contribution in [-0.4, -0.2) is 22.2 Å². The van der Waals surface area contributed by atoms with Gasteiger partial charge in [0.1, 0.15) is 11.8 Å². The van der Waals surface area contributed by atoms with E-state index in [1.165, 1.54) is 22.0 Å².